The van der Waals surface area contributed by atoms with Crippen LogP contribution >= 0.6 is 0 Å². The van der Waals surface area contributed by atoms with E-state index in [1.165, 1.54) is 31.4 Å². The third-order valence-electron chi connectivity index (χ3n) is 3.15. The van der Waals surface area contributed by atoms with Gasteiger partial charge in [0.15, 0.2) is 0 Å². The Hall–Kier alpha value is -1.98. The molecular formula is C15H16F2N2O. The summed E-state index contributed by atoms with van der Waals surface area (Å²) < 4.78 is 32.3. The van der Waals surface area contributed by atoms with Gasteiger partial charge in [-0.15, -0.1) is 0 Å². The summed E-state index contributed by atoms with van der Waals surface area (Å²) in [6.07, 6.45) is 0.295. The van der Waals surface area contributed by atoms with Crippen LogP contribution in [-0.2, 0) is 6.42 Å². The number of hydrazine groups is 1. The molecule has 0 aliphatic rings. The summed E-state index contributed by atoms with van der Waals surface area (Å²) in [4.78, 5) is 0. The number of hydrogen-bond acceptors (Lipinski definition) is 3. The third kappa shape index (κ3) is 3.12. The Bertz CT molecular complexity index is 590. The van der Waals surface area contributed by atoms with Gasteiger partial charge in [-0.3, -0.25) is 11.3 Å². The van der Waals surface area contributed by atoms with Gasteiger partial charge in [0.2, 0.25) is 0 Å². The lowest BCUT2D eigenvalue weighted by molar-refractivity contribution is 0.396. The lowest BCUT2D eigenvalue weighted by Gasteiger charge is -2.19. The van der Waals surface area contributed by atoms with Crippen molar-refractivity contribution in [1.29, 1.82) is 0 Å². The van der Waals surface area contributed by atoms with E-state index in [9.17, 15) is 8.78 Å². The second-order valence-electron chi connectivity index (χ2n) is 4.40. The Morgan fingerprint density at radius 3 is 2.60 bits per heavy atom. The van der Waals surface area contributed by atoms with Gasteiger partial charge in [0, 0.05) is 5.56 Å². The van der Waals surface area contributed by atoms with Gasteiger partial charge >= 0.3 is 0 Å². The van der Waals surface area contributed by atoms with Crippen molar-refractivity contribution in [2.24, 2.45) is 5.84 Å². The molecule has 106 valence electrons. The number of benzene rings is 2. The minimum absolute atomic E-state index is 0.295. The molecule has 2 rings (SSSR count). The van der Waals surface area contributed by atoms with Crippen LogP contribution in [-0.4, -0.2) is 7.11 Å². The maximum atomic E-state index is 13.7. The van der Waals surface area contributed by atoms with E-state index in [-0.39, 0.29) is 5.82 Å². The van der Waals surface area contributed by atoms with Gasteiger partial charge in [-0.2, -0.15) is 0 Å². The number of rotatable bonds is 5. The zero-order valence-corrected chi connectivity index (χ0v) is 11.1. The van der Waals surface area contributed by atoms with Crippen molar-refractivity contribution in [3.63, 3.8) is 0 Å². The fourth-order valence-electron chi connectivity index (χ4n) is 2.12. The predicted octanol–water partition coefficient (Wildman–Crippen LogP) is 2.72. The topological polar surface area (TPSA) is 47.3 Å². The SMILES string of the molecule is COc1ccc(F)cc1C(Cc1ccccc1F)NN. The number of ether oxygens (including phenoxy) is 1. The van der Waals surface area contributed by atoms with Gasteiger partial charge in [-0.1, -0.05) is 18.2 Å². The van der Waals surface area contributed by atoms with Crippen LogP contribution in [0.5, 0.6) is 5.75 Å². The molecule has 20 heavy (non-hydrogen) atoms. The second-order valence-corrected chi connectivity index (χ2v) is 4.40. The molecule has 2 aromatic carbocycles. The van der Waals surface area contributed by atoms with Crippen LogP contribution < -0.4 is 16.0 Å². The minimum atomic E-state index is -0.447. The van der Waals surface area contributed by atoms with Crippen molar-refractivity contribution in [1.82, 2.24) is 5.43 Å². The van der Waals surface area contributed by atoms with E-state index in [0.717, 1.165) is 0 Å². The summed E-state index contributed by atoms with van der Waals surface area (Å²) in [5.74, 6) is 5.32. The average Bonchev–Trinajstić information content (AvgIpc) is 2.46. The predicted molar refractivity (Wildman–Crippen MR) is 73.1 cm³/mol. The summed E-state index contributed by atoms with van der Waals surface area (Å²) in [7, 11) is 1.49. The smallest absolute Gasteiger partial charge is 0.126 e. The summed E-state index contributed by atoms with van der Waals surface area (Å²) in [6.45, 7) is 0. The maximum Gasteiger partial charge on any atom is 0.126 e. The van der Waals surface area contributed by atoms with Crippen LogP contribution in [0.15, 0.2) is 42.5 Å². The molecule has 0 heterocycles. The van der Waals surface area contributed by atoms with Crippen molar-refractivity contribution >= 4 is 0 Å². The molecule has 1 atom stereocenters. The normalized spacial score (nSPS) is 12.2. The van der Waals surface area contributed by atoms with E-state index in [1.54, 1.807) is 18.2 Å². The van der Waals surface area contributed by atoms with E-state index in [4.69, 9.17) is 10.6 Å². The molecule has 0 spiro atoms. The van der Waals surface area contributed by atoms with E-state index >= 15 is 0 Å². The van der Waals surface area contributed by atoms with E-state index in [1.807, 2.05) is 0 Å². The number of nitrogens with two attached hydrogens (primary N) is 1. The Morgan fingerprint density at radius 2 is 1.95 bits per heavy atom. The van der Waals surface area contributed by atoms with Crippen LogP contribution in [0.3, 0.4) is 0 Å². The van der Waals surface area contributed by atoms with E-state index in [0.29, 0.717) is 23.3 Å². The molecule has 3 nitrogen and oxygen atoms in total. The van der Waals surface area contributed by atoms with Gasteiger partial charge in [0.25, 0.3) is 0 Å². The first-order valence-electron chi connectivity index (χ1n) is 6.18. The molecule has 0 aliphatic heterocycles. The first-order chi connectivity index (χ1) is 9.65. The highest BCUT2D eigenvalue weighted by molar-refractivity contribution is 5.37. The standard InChI is InChI=1S/C15H16F2N2O/c1-20-15-7-6-11(16)9-12(15)14(19-18)8-10-4-2-3-5-13(10)17/h2-7,9,14,19H,8,18H2,1H3. The Balaban J connectivity index is 2.33. The molecule has 0 aromatic heterocycles. The highest BCUT2D eigenvalue weighted by Crippen LogP contribution is 2.28. The molecule has 5 heteroatoms. The van der Waals surface area contributed by atoms with Crippen molar-refractivity contribution < 1.29 is 13.5 Å². The highest BCUT2D eigenvalue weighted by Gasteiger charge is 2.17. The Labute approximate surface area is 116 Å². The molecule has 0 aliphatic carbocycles. The monoisotopic (exact) mass is 278 g/mol. The summed E-state index contributed by atoms with van der Waals surface area (Å²) >= 11 is 0. The fourth-order valence-corrected chi connectivity index (χ4v) is 2.12. The van der Waals surface area contributed by atoms with Gasteiger partial charge < -0.3 is 4.74 Å². The molecule has 0 fully saturated rings. The average molecular weight is 278 g/mol. The molecule has 1 unspecified atom stereocenters. The molecule has 0 saturated carbocycles. The van der Waals surface area contributed by atoms with Crippen LogP contribution in [0.1, 0.15) is 17.2 Å². The van der Waals surface area contributed by atoms with E-state index in [2.05, 4.69) is 5.43 Å². The number of nitrogens with one attached hydrogen (secondary N) is 1. The second kappa shape index (κ2) is 6.45. The number of hydrogen-bond donors (Lipinski definition) is 2. The van der Waals surface area contributed by atoms with Crippen molar-refractivity contribution in [2.45, 2.75) is 12.5 Å². The number of halogens is 2. The zero-order chi connectivity index (χ0) is 14.5. The van der Waals surface area contributed by atoms with Crippen molar-refractivity contribution in [3.8, 4) is 5.75 Å². The first kappa shape index (κ1) is 14.4. The quantitative estimate of drug-likeness (QED) is 0.653. The summed E-state index contributed by atoms with van der Waals surface area (Å²) in [5.41, 5.74) is 3.64. The Kier molecular flexibility index (Phi) is 4.65. The van der Waals surface area contributed by atoms with Crippen LogP contribution in [0.2, 0.25) is 0 Å². The molecular weight excluding hydrogens is 262 g/mol. The van der Waals surface area contributed by atoms with Crippen LogP contribution in [0, 0.1) is 11.6 Å². The van der Waals surface area contributed by atoms with Crippen molar-refractivity contribution in [3.05, 3.63) is 65.2 Å². The summed E-state index contributed by atoms with van der Waals surface area (Å²) in [6, 6.07) is 10.1. The zero-order valence-electron chi connectivity index (χ0n) is 11.1. The molecule has 0 bridgehead atoms. The Morgan fingerprint density at radius 1 is 1.20 bits per heavy atom. The first-order valence-corrected chi connectivity index (χ1v) is 6.18. The van der Waals surface area contributed by atoms with Gasteiger partial charge in [0.1, 0.15) is 17.4 Å². The van der Waals surface area contributed by atoms with Gasteiger partial charge in [-0.25, -0.2) is 8.78 Å². The van der Waals surface area contributed by atoms with Crippen LogP contribution in [0.25, 0.3) is 0 Å². The molecule has 3 N–H and O–H groups in total. The third-order valence-corrected chi connectivity index (χ3v) is 3.15. The minimum Gasteiger partial charge on any atom is -0.496 e. The van der Waals surface area contributed by atoms with Crippen LogP contribution in [0.4, 0.5) is 8.78 Å². The highest BCUT2D eigenvalue weighted by atomic mass is 19.1. The largest absolute Gasteiger partial charge is 0.496 e. The number of methoxy groups -OCH3 is 1. The molecule has 0 radical (unpaired) electrons. The molecule has 0 saturated heterocycles. The lowest BCUT2D eigenvalue weighted by atomic mass is 9.98. The molecule has 0 amide bonds. The molecule has 2 aromatic rings. The van der Waals surface area contributed by atoms with E-state index < -0.39 is 11.9 Å². The maximum absolute atomic E-state index is 13.7. The van der Waals surface area contributed by atoms with Gasteiger partial charge in [0.05, 0.1) is 13.2 Å². The summed E-state index contributed by atoms with van der Waals surface area (Å²) in [5, 5.41) is 0. The van der Waals surface area contributed by atoms with Crippen molar-refractivity contribution in [2.75, 3.05) is 7.11 Å². The lowest BCUT2D eigenvalue weighted by Crippen LogP contribution is -2.30. The fraction of sp³-hybridized carbons (Fsp3) is 0.200. The van der Waals surface area contributed by atoms with Gasteiger partial charge in [-0.05, 0) is 36.2 Å².